The van der Waals surface area contributed by atoms with Crippen molar-refractivity contribution in [3.05, 3.63) is 16.7 Å². The van der Waals surface area contributed by atoms with Gasteiger partial charge in [-0.15, -0.1) is 0 Å². The predicted molar refractivity (Wildman–Crippen MR) is 59.2 cm³/mol. The van der Waals surface area contributed by atoms with Crippen LogP contribution in [-0.2, 0) is 4.79 Å². The fraction of sp³-hybridized carbons (Fsp3) is 0.500. The number of nitrogens with one attached hydrogen (secondary N) is 2. The molecule has 92 valence electrons. The Morgan fingerprint density at radius 3 is 2.94 bits per heavy atom. The molecule has 17 heavy (non-hydrogen) atoms. The molecule has 3 N–H and O–H groups in total. The minimum Gasteiger partial charge on any atom is -0.489 e. The Kier molecular flexibility index (Phi) is 2.99. The molecule has 1 aliphatic carbocycles. The SMILES string of the molecule is COc1c(NC(C(=O)O)C2CC2)nc[nH]c1=O. The summed E-state index contributed by atoms with van der Waals surface area (Å²) in [6.07, 6.45) is 2.95. The van der Waals surface area contributed by atoms with Crippen molar-refractivity contribution < 1.29 is 14.6 Å². The molecule has 0 spiro atoms. The standard InChI is InChI=1S/C10H13N3O4/c1-17-7-8(11-4-12-9(7)14)13-6(10(15)16)5-2-3-5/h4-6H,2-3H2,1H3,(H,15,16)(H2,11,12,13,14). The summed E-state index contributed by atoms with van der Waals surface area (Å²) in [6.45, 7) is 0. The molecule has 0 amide bonds. The lowest BCUT2D eigenvalue weighted by Gasteiger charge is -2.15. The van der Waals surface area contributed by atoms with Crippen molar-refractivity contribution in [1.29, 1.82) is 0 Å². The molecule has 1 aromatic rings. The third-order valence-corrected chi connectivity index (χ3v) is 2.67. The topological polar surface area (TPSA) is 104 Å². The van der Waals surface area contributed by atoms with Gasteiger partial charge in [-0.2, -0.15) is 0 Å². The van der Waals surface area contributed by atoms with Crippen LogP contribution in [0.25, 0.3) is 0 Å². The molecule has 1 aliphatic rings. The van der Waals surface area contributed by atoms with E-state index in [-0.39, 0.29) is 17.5 Å². The van der Waals surface area contributed by atoms with Crippen LogP contribution in [0.2, 0.25) is 0 Å². The van der Waals surface area contributed by atoms with E-state index in [0.29, 0.717) is 0 Å². The lowest BCUT2D eigenvalue weighted by Crippen LogP contribution is -2.32. The van der Waals surface area contributed by atoms with Gasteiger partial charge in [0.25, 0.3) is 5.56 Å². The van der Waals surface area contributed by atoms with Gasteiger partial charge in [-0.25, -0.2) is 9.78 Å². The van der Waals surface area contributed by atoms with Crippen molar-refractivity contribution in [2.24, 2.45) is 5.92 Å². The van der Waals surface area contributed by atoms with Gasteiger partial charge in [0.2, 0.25) is 5.75 Å². The van der Waals surface area contributed by atoms with Gasteiger partial charge >= 0.3 is 5.97 Å². The summed E-state index contributed by atoms with van der Waals surface area (Å²) in [5.41, 5.74) is -0.440. The summed E-state index contributed by atoms with van der Waals surface area (Å²) in [4.78, 5) is 28.7. The fourth-order valence-electron chi connectivity index (χ4n) is 1.64. The van der Waals surface area contributed by atoms with Crippen LogP contribution in [0.5, 0.6) is 5.75 Å². The van der Waals surface area contributed by atoms with Crippen LogP contribution in [0.1, 0.15) is 12.8 Å². The summed E-state index contributed by atoms with van der Waals surface area (Å²) >= 11 is 0. The number of H-pyrrole nitrogens is 1. The largest absolute Gasteiger partial charge is 0.489 e. The molecule has 0 aliphatic heterocycles. The maximum Gasteiger partial charge on any atom is 0.326 e. The van der Waals surface area contributed by atoms with Crippen molar-refractivity contribution in [3.8, 4) is 5.75 Å². The van der Waals surface area contributed by atoms with Crippen LogP contribution in [0.4, 0.5) is 5.82 Å². The van der Waals surface area contributed by atoms with Gasteiger partial charge in [-0.1, -0.05) is 0 Å². The molecule has 1 fully saturated rings. The highest BCUT2D eigenvalue weighted by molar-refractivity contribution is 5.78. The Labute approximate surface area is 96.8 Å². The average molecular weight is 239 g/mol. The lowest BCUT2D eigenvalue weighted by atomic mass is 10.2. The molecule has 2 rings (SSSR count). The minimum absolute atomic E-state index is 0.000556. The summed E-state index contributed by atoms with van der Waals surface area (Å²) in [5, 5.41) is 11.8. The number of anilines is 1. The third-order valence-electron chi connectivity index (χ3n) is 2.67. The van der Waals surface area contributed by atoms with Crippen LogP contribution in [0.15, 0.2) is 11.1 Å². The van der Waals surface area contributed by atoms with Gasteiger partial charge in [-0.05, 0) is 18.8 Å². The van der Waals surface area contributed by atoms with Gasteiger partial charge in [0.1, 0.15) is 6.04 Å². The molecule has 7 heteroatoms. The van der Waals surface area contributed by atoms with E-state index in [1.165, 1.54) is 13.4 Å². The van der Waals surface area contributed by atoms with Crippen molar-refractivity contribution >= 4 is 11.8 Å². The molecule has 0 bridgehead atoms. The second-order valence-corrected chi connectivity index (χ2v) is 3.91. The zero-order valence-electron chi connectivity index (χ0n) is 9.27. The number of ether oxygens (including phenoxy) is 1. The number of hydrogen-bond donors (Lipinski definition) is 3. The van der Waals surface area contributed by atoms with Gasteiger partial charge in [0, 0.05) is 0 Å². The van der Waals surface area contributed by atoms with Crippen LogP contribution in [0, 0.1) is 5.92 Å². The van der Waals surface area contributed by atoms with Crippen molar-refractivity contribution in [2.45, 2.75) is 18.9 Å². The number of carboxylic acids is 1. The van der Waals surface area contributed by atoms with Gasteiger partial charge in [0.15, 0.2) is 5.82 Å². The van der Waals surface area contributed by atoms with E-state index in [4.69, 9.17) is 9.84 Å². The quantitative estimate of drug-likeness (QED) is 0.670. The second-order valence-electron chi connectivity index (χ2n) is 3.91. The molecule has 1 atom stereocenters. The molecule has 1 aromatic heterocycles. The highest BCUT2D eigenvalue weighted by Crippen LogP contribution is 2.34. The molecule has 0 saturated heterocycles. The van der Waals surface area contributed by atoms with Gasteiger partial charge < -0.3 is 20.1 Å². The Morgan fingerprint density at radius 1 is 1.71 bits per heavy atom. The smallest absolute Gasteiger partial charge is 0.326 e. The molecule has 0 radical (unpaired) electrons. The monoisotopic (exact) mass is 239 g/mol. The first kappa shape index (κ1) is 11.4. The number of hydrogen-bond acceptors (Lipinski definition) is 5. The van der Waals surface area contributed by atoms with E-state index in [2.05, 4.69) is 15.3 Å². The number of rotatable bonds is 5. The molecule has 7 nitrogen and oxygen atoms in total. The maximum atomic E-state index is 11.4. The average Bonchev–Trinajstić information content (AvgIpc) is 3.09. The van der Waals surface area contributed by atoms with Crippen LogP contribution in [-0.4, -0.2) is 34.2 Å². The Morgan fingerprint density at radius 2 is 2.41 bits per heavy atom. The maximum absolute atomic E-state index is 11.4. The third kappa shape index (κ3) is 2.38. The van der Waals surface area contributed by atoms with E-state index in [1.807, 2.05) is 0 Å². The second kappa shape index (κ2) is 4.44. The number of carbonyl (C=O) groups is 1. The highest BCUT2D eigenvalue weighted by Gasteiger charge is 2.37. The number of aliphatic carboxylic acids is 1. The van der Waals surface area contributed by atoms with E-state index in [1.54, 1.807) is 0 Å². The first-order valence-electron chi connectivity index (χ1n) is 5.24. The zero-order valence-corrected chi connectivity index (χ0v) is 9.27. The zero-order chi connectivity index (χ0) is 12.4. The van der Waals surface area contributed by atoms with Gasteiger partial charge in [0.05, 0.1) is 13.4 Å². The minimum atomic E-state index is -0.948. The van der Waals surface area contributed by atoms with Crippen LogP contribution in [0.3, 0.4) is 0 Å². The first-order chi connectivity index (χ1) is 8.13. The van der Waals surface area contributed by atoms with E-state index in [9.17, 15) is 9.59 Å². The fourth-order valence-corrected chi connectivity index (χ4v) is 1.64. The molecule has 1 saturated carbocycles. The number of aromatic amines is 1. The summed E-state index contributed by atoms with van der Waals surface area (Å²) in [5.74, 6) is -0.690. The summed E-state index contributed by atoms with van der Waals surface area (Å²) < 4.78 is 4.90. The molecular formula is C10H13N3O4. The molecule has 1 unspecified atom stereocenters. The van der Waals surface area contributed by atoms with Crippen molar-refractivity contribution in [2.75, 3.05) is 12.4 Å². The number of carboxylic acid groups (broad SMARTS) is 1. The lowest BCUT2D eigenvalue weighted by molar-refractivity contribution is -0.138. The number of methoxy groups -OCH3 is 1. The number of nitrogens with zero attached hydrogens (tertiary/aromatic N) is 1. The van der Waals surface area contributed by atoms with Crippen LogP contribution < -0.4 is 15.6 Å². The summed E-state index contributed by atoms with van der Waals surface area (Å²) in [6, 6.07) is -0.724. The van der Waals surface area contributed by atoms with E-state index < -0.39 is 17.6 Å². The predicted octanol–water partition coefficient (Wildman–Crippen LogP) is 0.0536. The highest BCUT2D eigenvalue weighted by atomic mass is 16.5. The van der Waals surface area contributed by atoms with E-state index >= 15 is 0 Å². The van der Waals surface area contributed by atoms with Crippen LogP contribution >= 0.6 is 0 Å². The first-order valence-corrected chi connectivity index (χ1v) is 5.24. The van der Waals surface area contributed by atoms with Gasteiger partial charge in [-0.3, -0.25) is 4.79 Å². The van der Waals surface area contributed by atoms with E-state index in [0.717, 1.165) is 12.8 Å². The molecular weight excluding hydrogens is 226 g/mol. The molecule has 0 aromatic carbocycles. The molecule has 1 heterocycles. The van der Waals surface area contributed by atoms with Crippen molar-refractivity contribution in [3.63, 3.8) is 0 Å². The Bertz CT molecular complexity index is 481. The Hall–Kier alpha value is -2.05. The van der Waals surface area contributed by atoms with Crippen molar-refractivity contribution in [1.82, 2.24) is 9.97 Å². The summed E-state index contributed by atoms with van der Waals surface area (Å²) in [7, 11) is 1.34. The normalized spacial score (nSPS) is 16.3. The Balaban J connectivity index is 2.25. The number of aromatic nitrogens is 2.